The Kier molecular flexibility index (Phi) is 5.64. The maximum absolute atomic E-state index is 13.5. The van der Waals surface area contributed by atoms with Gasteiger partial charge in [-0.15, -0.1) is 5.10 Å². The van der Waals surface area contributed by atoms with Crippen molar-refractivity contribution < 1.29 is 27.8 Å². The number of benzene rings is 1. The van der Waals surface area contributed by atoms with E-state index in [1.165, 1.54) is 7.11 Å². The van der Waals surface area contributed by atoms with Crippen LogP contribution in [0.15, 0.2) is 33.3 Å². The lowest BCUT2D eigenvalue weighted by Gasteiger charge is -2.03. The molecular weight excluding hydrogens is 344 g/mol. The minimum atomic E-state index is -0.876. The molecule has 0 spiro atoms. The molecule has 0 saturated carbocycles. The molecule has 0 radical (unpaired) electrons. The predicted octanol–water partition coefficient (Wildman–Crippen LogP) is 1.58. The summed E-state index contributed by atoms with van der Waals surface area (Å²) in [4.78, 5) is 22.8. The number of amides is 1. The Labute approximate surface area is 139 Å². The summed E-state index contributed by atoms with van der Waals surface area (Å²) < 4.78 is 36.0. The van der Waals surface area contributed by atoms with Gasteiger partial charge in [-0.05, 0) is 23.9 Å². The molecule has 1 heterocycles. The summed E-state index contributed by atoms with van der Waals surface area (Å²) in [5.74, 6) is -3.45. The van der Waals surface area contributed by atoms with Crippen LogP contribution in [0.2, 0.25) is 0 Å². The molecule has 1 amide bonds. The molecule has 0 unspecified atom stereocenters. The van der Waals surface area contributed by atoms with Gasteiger partial charge in [0.1, 0.15) is 0 Å². The minimum Gasteiger partial charge on any atom is -0.491 e. The lowest BCUT2D eigenvalue weighted by atomic mass is 10.2. The van der Waals surface area contributed by atoms with Gasteiger partial charge >= 0.3 is 5.97 Å². The first kappa shape index (κ1) is 17.6. The van der Waals surface area contributed by atoms with E-state index in [1.807, 2.05) is 0 Å². The van der Waals surface area contributed by atoms with Crippen molar-refractivity contribution in [2.75, 3.05) is 14.2 Å². The van der Waals surface area contributed by atoms with Crippen LogP contribution >= 0.6 is 11.8 Å². The van der Waals surface area contributed by atoms with Gasteiger partial charge in [0.15, 0.2) is 22.6 Å². The number of carbonyl (C=O) groups excluding carboxylic acids is 2. The van der Waals surface area contributed by atoms with E-state index < -0.39 is 29.3 Å². The zero-order valence-corrected chi connectivity index (χ0v) is 13.3. The van der Waals surface area contributed by atoms with E-state index in [0.29, 0.717) is 0 Å². The number of nitrogens with zero attached hydrogens (tertiary/aromatic N) is 2. The minimum absolute atomic E-state index is 0.0948. The number of methoxy groups -OCH3 is 2. The van der Waals surface area contributed by atoms with Crippen LogP contribution in [0.5, 0.6) is 5.75 Å². The smallest absolute Gasteiger partial charge is 0.331 e. The average Bonchev–Trinajstić information content (AvgIpc) is 2.87. The molecule has 1 aromatic rings. The molecule has 1 saturated heterocycles. The Balaban J connectivity index is 2.12. The summed E-state index contributed by atoms with van der Waals surface area (Å²) in [6.45, 7) is 0. The van der Waals surface area contributed by atoms with Gasteiger partial charge < -0.3 is 9.47 Å². The number of thioether (sulfide) groups is 1. The highest BCUT2D eigenvalue weighted by Crippen LogP contribution is 2.24. The number of hydrogen-bond acceptors (Lipinski definition) is 7. The van der Waals surface area contributed by atoms with E-state index >= 15 is 0 Å². The molecular formula is C14H11F2N3O4S. The molecule has 24 heavy (non-hydrogen) atoms. The summed E-state index contributed by atoms with van der Waals surface area (Å²) in [7, 11) is 2.34. The molecule has 0 atom stereocenters. The molecule has 1 N–H and O–H groups in total. The third-order valence-electron chi connectivity index (χ3n) is 2.68. The van der Waals surface area contributed by atoms with E-state index in [0.717, 1.165) is 43.3 Å². The van der Waals surface area contributed by atoms with Crippen molar-refractivity contribution in [2.45, 2.75) is 0 Å². The number of amidine groups is 1. The van der Waals surface area contributed by atoms with Gasteiger partial charge in [-0.1, -0.05) is 0 Å². The lowest BCUT2D eigenvalue weighted by Crippen LogP contribution is -2.19. The summed E-state index contributed by atoms with van der Waals surface area (Å²) >= 11 is 0.878. The second-order valence-electron chi connectivity index (χ2n) is 4.26. The second-order valence-corrected chi connectivity index (χ2v) is 5.29. The first-order valence-corrected chi connectivity index (χ1v) is 7.19. The zero-order chi connectivity index (χ0) is 17.7. The molecule has 7 nitrogen and oxygen atoms in total. The van der Waals surface area contributed by atoms with Gasteiger partial charge in [0.25, 0.3) is 5.91 Å². The summed E-state index contributed by atoms with van der Waals surface area (Å²) in [5, 5.41) is 9.83. The number of halogens is 2. The Bertz CT molecular complexity index is 754. The first-order chi connectivity index (χ1) is 11.4. The summed E-state index contributed by atoms with van der Waals surface area (Å²) in [6, 6.07) is 2.04. The number of hydrogen-bond donors (Lipinski definition) is 1. The normalized spacial score (nSPS) is 17.6. The van der Waals surface area contributed by atoms with Crippen LogP contribution in [0.1, 0.15) is 5.56 Å². The number of ether oxygens (including phenoxy) is 2. The van der Waals surface area contributed by atoms with Gasteiger partial charge in [0.2, 0.25) is 0 Å². The zero-order valence-electron chi connectivity index (χ0n) is 12.5. The van der Waals surface area contributed by atoms with Crippen LogP contribution in [0.25, 0.3) is 0 Å². The van der Waals surface area contributed by atoms with Gasteiger partial charge in [0, 0.05) is 11.6 Å². The van der Waals surface area contributed by atoms with Crippen molar-refractivity contribution in [3.63, 3.8) is 0 Å². The lowest BCUT2D eigenvalue weighted by molar-refractivity contribution is -0.135. The maximum atomic E-state index is 13.5. The number of nitrogens with one attached hydrogen (secondary N) is 1. The molecule has 126 valence electrons. The highest BCUT2D eigenvalue weighted by molar-refractivity contribution is 8.18. The van der Waals surface area contributed by atoms with Crippen molar-refractivity contribution in [1.29, 1.82) is 0 Å². The molecule has 1 fully saturated rings. The number of esters is 1. The fraction of sp³-hybridized carbons (Fsp3) is 0.143. The van der Waals surface area contributed by atoms with Gasteiger partial charge in [-0.2, -0.15) is 5.10 Å². The second kappa shape index (κ2) is 7.68. The molecule has 0 aromatic heterocycles. The van der Waals surface area contributed by atoms with E-state index in [-0.39, 0.29) is 15.6 Å². The van der Waals surface area contributed by atoms with Gasteiger partial charge in [-0.3, -0.25) is 10.1 Å². The fourth-order valence-electron chi connectivity index (χ4n) is 1.64. The number of rotatable bonds is 4. The largest absolute Gasteiger partial charge is 0.491 e. The highest BCUT2D eigenvalue weighted by Gasteiger charge is 2.25. The topological polar surface area (TPSA) is 89.3 Å². The SMILES string of the molecule is COC(=O)/C=C1/S/C(=N\N=Cc2cc(F)c(OC)c(F)c2)NC1=O. The van der Waals surface area contributed by atoms with E-state index in [1.54, 1.807) is 0 Å². The molecule has 10 heteroatoms. The number of carbonyl (C=O) groups is 2. The maximum Gasteiger partial charge on any atom is 0.331 e. The summed E-state index contributed by atoms with van der Waals surface area (Å²) in [5.41, 5.74) is 0.120. The van der Waals surface area contributed by atoms with Crippen LogP contribution in [-0.2, 0) is 14.3 Å². The van der Waals surface area contributed by atoms with E-state index in [9.17, 15) is 18.4 Å². The first-order valence-electron chi connectivity index (χ1n) is 6.37. The molecule has 2 rings (SSSR count). The predicted molar refractivity (Wildman–Crippen MR) is 83.8 cm³/mol. The fourth-order valence-corrected chi connectivity index (χ4v) is 2.38. The molecule has 1 aliphatic heterocycles. The van der Waals surface area contributed by atoms with Gasteiger partial charge in [0.05, 0.1) is 25.3 Å². The van der Waals surface area contributed by atoms with Crippen LogP contribution in [-0.4, -0.2) is 37.5 Å². The Hall–Kier alpha value is -2.75. The quantitative estimate of drug-likeness (QED) is 0.383. The Morgan fingerprint density at radius 1 is 1.29 bits per heavy atom. The van der Waals surface area contributed by atoms with E-state index in [4.69, 9.17) is 0 Å². The van der Waals surface area contributed by atoms with Gasteiger partial charge in [-0.25, -0.2) is 13.6 Å². The average molecular weight is 355 g/mol. The van der Waals surface area contributed by atoms with Crippen molar-refractivity contribution in [3.05, 3.63) is 40.3 Å². The van der Waals surface area contributed by atoms with Crippen LogP contribution < -0.4 is 10.1 Å². The van der Waals surface area contributed by atoms with Crippen molar-refractivity contribution in [3.8, 4) is 5.75 Å². The molecule has 1 aliphatic rings. The highest BCUT2D eigenvalue weighted by atomic mass is 32.2. The monoisotopic (exact) mass is 355 g/mol. The van der Waals surface area contributed by atoms with Crippen molar-refractivity contribution in [2.24, 2.45) is 10.2 Å². The standard InChI is InChI=1S/C14H11F2N3O4S/c1-22-11(20)5-10-13(21)18-14(24-10)19-17-6-7-3-8(15)12(23-2)9(16)4-7/h3-6H,1-2H3,(H,18,19,21)/b10-5+,17-6?. The molecule has 0 bridgehead atoms. The third-order valence-corrected chi connectivity index (χ3v) is 3.58. The van der Waals surface area contributed by atoms with Crippen molar-refractivity contribution >= 4 is 35.0 Å². The Morgan fingerprint density at radius 2 is 1.96 bits per heavy atom. The Morgan fingerprint density at radius 3 is 2.54 bits per heavy atom. The summed E-state index contributed by atoms with van der Waals surface area (Å²) in [6.07, 6.45) is 2.12. The van der Waals surface area contributed by atoms with Crippen LogP contribution in [0.4, 0.5) is 8.78 Å². The molecule has 1 aromatic carbocycles. The van der Waals surface area contributed by atoms with Crippen LogP contribution in [0, 0.1) is 11.6 Å². The molecule has 0 aliphatic carbocycles. The van der Waals surface area contributed by atoms with Crippen LogP contribution in [0.3, 0.4) is 0 Å². The van der Waals surface area contributed by atoms with Crippen molar-refractivity contribution in [1.82, 2.24) is 5.32 Å². The third kappa shape index (κ3) is 4.16. The van der Waals surface area contributed by atoms with E-state index in [2.05, 4.69) is 25.0 Å².